The molecule has 2 heterocycles. The summed E-state index contributed by atoms with van der Waals surface area (Å²) in [5, 5.41) is 0. The van der Waals surface area contributed by atoms with E-state index in [4.69, 9.17) is 9.47 Å². The highest BCUT2D eigenvalue weighted by molar-refractivity contribution is 5.97. The summed E-state index contributed by atoms with van der Waals surface area (Å²) in [6.45, 7) is 0.247. The lowest BCUT2D eigenvalue weighted by atomic mass is 10.2. The number of hydrogen-bond donors (Lipinski definition) is 1. The molecule has 1 N–H and O–H groups in total. The first kappa shape index (κ1) is 16.1. The van der Waals surface area contributed by atoms with E-state index < -0.39 is 11.9 Å². The minimum atomic E-state index is -0.830. The average molecular weight is 353 g/mol. The maximum Gasteiger partial charge on any atom is 0.272 e. The van der Waals surface area contributed by atoms with Crippen LogP contribution in [-0.2, 0) is 11.3 Å². The molecule has 26 heavy (non-hydrogen) atoms. The van der Waals surface area contributed by atoms with E-state index in [2.05, 4.69) is 9.97 Å². The van der Waals surface area contributed by atoms with Crippen molar-refractivity contribution in [2.45, 2.75) is 12.6 Å². The van der Waals surface area contributed by atoms with Gasteiger partial charge in [-0.25, -0.2) is 9.37 Å². The van der Waals surface area contributed by atoms with Crippen LogP contribution in [0.5, 0.6) is 11.5 Å². The first-order valence-corrected chi connectivity index (χ1v) is 8.14. The summed E-state index contributed by atoms with van der Waals surface area (Å²) < 4.78 is 25.1. The molecule has 1 aromatic heterocycles. The molecular weight excluding hydrogens is 337 g/mol. The number of nitrogens with zero attached hydrogens (tertiary/aromatic N) is 2. The predicted molar refractivity (Wildman–Crippen MR) is 92.5 cm³/mol. The molecule has 1 unspecified atom stereocenters. The third-order valence-electron chi connectivity index (χ3n) is 4.03. The van der Waals surface area contributed by atoms with Gasteiger partial charge in [0, 0.05) is 18.1 Å². The lowest BCUT2D eigenvalue weighted by molar-refractivity contribution is -0.127. The van der Waals surface area contributed by atoms with Gasteiger partial charge >= 0.3 is 0 Å². The van der Waals surface area contributed by atoms with E-state index in [-0.39, 0.29) is 19.1 Å². The first-order chi connectivity index (χ1) is 12.7. The van der Waals surface area contributed by atoms with E-state index in [1.165, 1.54) is 17.0 Å². The number of aromatic amines is 1. The summed E-state index contributed by atoms with van der Waals surface area (Å²) in [4.78, 5) is 21.6. The number of benzene rings is 2. The van der Waals surface area contributed by atoms with Crippen LogP contribution in [0.25, 0.3) is 0 Å². The van der Waals surface area contributed by atoms with Crippen LogP contribution in [0.3, 0.4) is 0 Å². The molecule has 3 aromatic rings. The molecule has 1 amide bonds. The van der Waals surface area contributed by atoms with Crippen LogP contribution in [0.4, 0.5) is 10.1 Å². The van der Waals surface area contributed by atoms with Gasteiger partial charge in [0.15, 0.2) is 11.5 Å². The van der Waals surface area contributed by atoms with Crippen molar-refractivity contribution in [1.29, 1.82) is 0 Å². The Kier molecular flexibility index (Phi) is 4.27. The highest BCUT2D eigenvalue weighted by atomic mass is 19.1. The number of halogens is 1. The molecule has 132 valence electrons. The third kappa shape index (κ3) is 3.23. The Balaban J connectivity index is 1.62. The monoisotopic (exact) mass is 353 g/mol. The van der Waals surface area contributed by atoms with Gasteiger partial charge in [-0.05, 0) is 30.3 Å². The number of imidazole rings is 1. The average Bonchev–Trinajstić information content (AvgIpc) is 3.18. The molecular formula is C19H16FN3O3. The number of aromatic nitrogens is 2. The zero-order valence-corrected chi connectivity index (χ0v) is 13.8. The summed E-state index contributed by atoms with van der Waals surface area (Å²) in [6.07, 6.45) is 2.43. The molecule has 7 heteroatoms. The summed E-state index contributed by atoms with van der Waals surface area (Å²) in [7, 11) is 0. The van der Waals surface area contributed by atoms with E-state index in [0.717, 1.165) is 0 Å². The summed E-state index contributed by atoms with van der Waals surface area (Å²) in [5.74, 6) is 0.932. The molecule has 0 spiro atoms. The van der Waals surface area contributed by atoms with E-state index in [1.807, 2.05) is 12.1 Å². The molecule has 0 bridgehead atoms. The normalized spacial score (nSPS) is 15.5. The molecule has 0 saturated heterocycles. The molecule has 1 aliphatic heterocycles. The van der Waals surface area contributed by atoms with Crippen molar-refractivity contribution >= 4 is 11.6 Å². The number of hydrogen-bond acceptors (Lipinski definition) is 4. The van der Waals surface area contributed by atoms with Crippen molar-refractivity contribution in [1.82, 2.24) is 9.97 Å². The molecule has 0 radical (unpaired) electrons. The summed E-state index contributed by atoms with van der Waals surface area (Å²) in [5.41, 5.74) is 0.425. The quantitative estimate of drug-likeness (QED) is 0.783. The Morgan fingerprint density at radius 1 is 1.23 bits per heavy atom. The number of rotatable bonds is 4. The van der Waals surface area contributed by atoms with Crippen LogP contribution in [0.2, 0.25) is 0 Å². The van der Waals surface area contributed by atoms with Crippen LogP contribution >= 0.6 is 0 Å². The van der Waals surface area contributed by atoms with E-state index in [0.29, 0.717) is 23.0 Å². The van der Waals surface area contributed by atoms with Crippen LogP contribution in [0.1, 0.15) is 5.82 Å². The third-order valence-corrected chi connectivity index (χ3v) is 4.03. The Hall–Kier alpha value is -3.35. The number of nitrogens with one attached hydrogen (secondary N) is 1. The van der Waals surface area contributed by atoms with Gasteiger partial charge in [0.05, 0.1) is 6.54 Å². The highest BCUT2D eigenvalue weighted by Crippen LogP contribution is 2.32. The minimum Gasteiger partial charge on any atom is -0.485 e. The number of anilines is 1. The summed E-state index contributed by atoms with van der Waals surface area (Å²) in [6, 6.07) is 13.0. The smallest absolute Gasteiger partial charge is 0.272 e. The number of para-hydroxylation sites is 2. The molecule has 4 rings (SSSR count). The van der Waals surface area contributed by atoms with Crippen molar-refractivity contribution in [3.8, 4) is 11.5 Å². The minimum absolute atomic E-state index is 0.0832. The molecule has 0 fully saturated rings. The first-order valence-electron chi connectivity index (χ1n) is 8.14. The molecule has 0 saturated carbocycles. The lowest BCUT2D eigenvalue weighted by Crippen LogP contribution is -2.46. The van der Waals surface area contributed by atoms with Gasteiger partial charge in [-0.15, -0.1) is 0 Å². The molecule has 1 aliphatic rings. The van der Waals surface area contributed by atoms with Crippen molar-refractivity contribution in [2.24, 2.45) is 0 Å². The Morgan fingerprint density at radius 2 is 2.08 bits per heavy atom. The second-order valence-electron chi connectivity index (χ2n) is 5.80. The zero-order chi connectivity index (χ0) is 17.9. The fourth-order valence-electron chi connectivity index (χ4n) is 2.79. The van der Waals surface area contributed by atoms with Crippen molar-refractivity contribution < 1.29 is 18.7 Å². The van der Waals surface area contributed by atoms with E-state index in [9.17, 15) is 9.18 Å². The van der Waals surface area contributed by atoms with Crippen LogP contribution in [0.15, 0.2) is 60.9 Å². The standard InChI is InChI=1S/C19H16FN3O3/c20-13-4-3-5-14(10-13)23(11-18-21-8-9-22-18)19(24)17-12-25-15-6-1-2-7-16(15)26-17/h1-10,17H,11-12H2,(H,21,22). The van der Waals surface area contributed by atoms with Gasteiger partial charge in [0.2, 0.25) is 6.10 Å². The number of carbonyl (C=O) groups is 1. The number of fused-ring (bicyclic) bond motifs is 1. The molecule has 0 aliphatic carbocycles. The van der Waals surface area contributed by atoms with E-state index in [1.54, 1.807) is 36.7 Å². The second kappa shape index (κ2) is 6.87. The maximum atomic E-state index is 13.7. The molecule has 2 aromatic carbocycles. The van der Waals surface area contributed by atoms with Gasteiger partial charge < -0.3 is 19.4 Å². The highest BCUT2D eigenvalue weighted by Gasteiger charge is 2.32. The van der Waals surface area contributed by atoms with Crippen molar-refractivity contribution in [3.63, 3.8) is 0 Å². The topological polar surface area (TPSA) is 67.5 Å². The Labute approximate surface area is 149 Å². The van der Waals surface area contributed by atoms with Gasteiger partial charge in [0.1, 0.15) is 18.2 Å². The van der Waals surface area contributed by atoms with E-state index >= 15 is 0 Å². The number of amides is 1. The second-order valence-corrected chi connectivity index (χ2v) is 5.80. The SMILES string of the molecule is O=C(C1COc2ccccc2O1)N(Cc1ncc[nH]1)c1cccc(F)c1. The van der Waals surface area contributed by atoms with Gasteiger partial charge in [-0.3, -0.25) is 4.79 Å². The molecule has 6 nitrogen and oxygen atoms in total. The number of ether oxygens (including phenoxy) is 2. The molecule has 1 atom stereocenters. The Bertz CT molecular complexity index is 914. The van der Waals surface area contributed by atoms with Gasteiger partial charge in [0.25, 0.3) is 5.91 Å². The lowest BCUT2D eigenvalue weighted by Gasteiger charge is -2.30. The zero-order valence-electron chi connectivity index (χ0n) is 13.8. The number of carbonyl (C=O) groups excluding carboxylic acids is 1. The van der Waals surface area contributed by atoms with Gasteiger partial charge in [-0.1, -0.05) is 18.2 Å². The Morgan fingerprint density at radius 3 is 2.85 bits per heavy atom. The van der Waals surface area contributed by atoms with Gasteiger partial charge in [-0.2, -0.15) is 0 Å². The fourth-order valence-corrected chi connectivity index (χ4v) is 2.79. The van der Waals surface area contributed by atoms with Crippen molar-refractivity contribution in [2.75, 3.05) is 11.5 Å². The number of H-pyrrole nitrogens is 1. The predicted octanol–water partition coefficient (Wildman–Crippen LogP) is 2.92. The van der Waals surface area contributed by atoms with Crippen LogP contribution < -0.4 is 14.4 Å². The van der Waals surface area contributed by atoms with Crippen molar-refractivity contribution in [3.05, 3.63) is 72.6 Å². The fraction of sp³-hybridized carbons (Fsp3) is 0.158. The van der Waals surface area contributed by atoms with Crippen LogP contribution in [-0.4, -0.2) is 28.6 Å². The maximum absolute atomic E-state index is 13.7. The summed E-state index contributed by atoms with van der Waals surface area (Å²) >= 11 is 0. The van der Waals surface area contributed by atoms with Crippen LogP contribution in [0, 0.1) is 5.82 Å². The largest absolute Gasteiger partial charge is 0.485 e.